The minimum absolute atomic E-state index is 0.169. The summed E-state index contributed by atoms with van der Waals surface area (Å²) in [6.07, 6.45) is 0.435. The van der Waals surface area contributed by atoms with Gasteiger partial charge in [0.1, 0.15) is 0 Å². The average molecular weight is 320 g/mol. The maximum Gasteiger partial charge on any atom is 0.227 e. The predicted octanol–water partition coefficient (Wildman–Crippen LogP) is 4.16. The van der Waals surface area contributed by atoms with Crippen LogP contribution in [0.1, 0.15) is 17.0 Å². The molecule has 0 saturated carbocycles. The van der Waals surface area contributed by atoms with Crippen LogP contribution in [-0.2, 0) is 11.2 Å². The first-order chi connectivity index (χ1) is 10.1. The summed E-state index contributed by atoms with van der Waals surface area (Å²) >= 11 is 11.7. The molecule has 1 heterocycles. The SMILES string of the molecule is O=C(Cc1ccc(Cl)cc1)N1CC(c2ccc(Cl)cc2)C1. The third kappa shape index (κ3) is 3.39. The van der Waals surface area contributed by atoms with Gasteiger partial charge in [0.15, 0.2) is 0 Å². The highest BCUT2D eigenvalue weighted by molar-refractivity contribution is 6.30. The summed E-state index contributed by atoms with van der Waals surface area (Å²) in [6, 6.07) is 15.3. The molecular formula is C17H15Cl2NO. The number of benzene rings is 2. The number of amides is 1. The molecule has 2 aromatic rings. The first kappa shape index (κ1) is 14.4. The van der Waals surface area contributed by atoms with E-state index in [-0.39, 0.29) is 5.91 Å². The van der Waals surface area contributed by atoms with Crippen molar-refractivity contribution < 1.29 is 4.79 Å². The summed E-state index contributed by atoms with van der Waals surface area (Å²) in [7, 11) is 0. The maximum atomic E-state index is 12.2. The van der Waals surface area contributed by atoms with E-state index in [9.17, 15) is 4.79 Å². The van der Waals surface area contributed by atoms with Crippen LogP contribution < -0.4 is 0 Å². The Hall–Kier alpha value is -1.51. The van der Waals surface area contributed by atoms with E-state index in [2.05, 4.69) is 0 Å². The number of hydrogen-bond donors (Lipinski definition) is 0. The highest BCUT2D eigenvalue weighted by atomic mass is 35.5. The van der Waals surface area contributed by atoms with Crippen LogP contribution in [0.3, 0.4) is 0 Å². The molecule has 1 saturated heterocycles. The van der Waals surface area contributed by atoms with Gasteiger partial charge < -0.3 is 4.90 Å². The van der Waals surface area contributed by atoms with Crippen LogP contribution >= 0.6 is 23.2 Å². The fourth-order valence-corrected chi connectivity index (χ4v) is 2.77. The summed E-state index contributed by atoms with van der Waals surface area (Å²) in [5, 5.41) is 1.44. The van der Waals surface area contributed by atoms with Crippen molar-refractivity contribution in [2.24, 2.45) is 0 Å². The minimum Gasteiger partial charge on any atom is -0.341 e. The molecule has 0 radical (unpaired) electrons. The normalized spacial score (nSPS) is 14.9. The molecule has 21 heavy (non-hydrogen) atoms. The van der Waals surface area contributed by atoms with Crippen molar-refractivity contribution in [3.05, 3.63) is 69.7 Å². The Morgan fingerprint density at radius 1 is 0.952 bits per heavy atom. The van der Waals surface area contributed by atoms with Gasteiger partial charge in [0, 0.05) is 29.1 Å². The largest absolute Gasteiger partial charge is 0.341 e. The van der Waals surface area contributed by atoms with Crippen molar-refractivity contribution >= 4 is 29.1 Å². The van der Waals surface area contributed by atoms with E-state index in [4.69, 9.17) is 23.2 Å². The number of hydrogen-bond acceptors (Lipinski definition) is 1. The van der Waals surface area contributed by atoms with Gasteiger partial charge in [-0.25, -0.2) is 0 Å². The Bertz CT molecular complexity index is 631. The van der Waals surface area contributed by atoms with Crippen molar-refractivity contribution in [1.82, 2.24) is 4.90 Å². The van der Waals surface area contributed by atoms with Gasteiger partial charge in [0.2, 0.25) is 5.91 Å². The molecule has 1 aliphatic rings. The predicted molar refractivity (Wildman–Crippen MR) is 85.9 cm³/mol. The lowest BCUT2D eigenvalue weighted by Crippen LogP contribution is -2.49. The molecule has 0 bridgehead atoms. The number of nitrogens with zero attached hydrogens (tertiary/aromatic N) is 1. The van der Waals surface area contributed by atoms with Gasteiger partial charge >= 0.3 is 0 Å². The molecule has 3 rings (SSSR count). The second-order valence-electron chi connectivity index (χ2n) is 5.35. The van der Waals surface area contributed by atoms with Crippen LogP contribution in [0.2, 0.25) is 10.0 Å². The van der Waals surface area contributed by atoms with E-state index in [1.807, 2.05) is 53.4 Å². The molecule has 1 aliphatic heterocycles. The first-order valence-electron chi connectivity index (χ1n) is 6.89. The van der Waals surface area contributed by atoms with Crippen LogP contribution in [0.4, 0.5) is 0 Å². The molecule has 108 valence electrons. The minimum atomic E-state index is 0.169. The molecule has 0 unspecified atom stereocenters. The Kier molecular flexibility index (Phi) is 4.18. The van der Waals surface area contributed by atoms with Crippen LogP contribution in [0.25, 0.3) is 0 Å². The van der Waals surface area contributed by atoms with Gasteiger partial charge in [-0.05, 0) is 35.4 Å². The molecule has 0 aliphatic carbocycles. The Morgan fingerprint density at radius 2 is 1.48 bits per heavy atom. The van der Waals surface area contributed by atoms with E-state index in [1.54, 1.807) is 0 Å². The first-order valence-corrected chi connectivity index (χ1v) is 7.65. The smallest absolute Gasteiger partial charge is 0.227 e. The van der Waals surface area contributed by atoms with E-state index in [0.717, 1.165) is 23.7 Å². The molecular weight excluding hydrogens is 305 g/mol. The van der Waals surface area contributed by atoms with Gasteiger partial charge in [-0.15, -0.1) is 0 Å². The number of carbonyl (C=O) groups is 1. The molecule has 4 heteroatoms. The summed E-state index contributed by atoms with van der Waals surface area (Å²) in [6.45, 7) is 1.57. The van der Waals surface area contributed by atoms with Gasteiger partial charge in [0.05, 0.1) is 6.42 Å². The molecule has 1 fully saturated rings. The van der Waals surface area contributed by atoms with E-state index >= 15 is 0 Å². The lowest BCUT2D eigenvalue weighted by atomic mass is 9.91. The molecule has 0 N–H and O–H groups in total. The van der Waals surface area contributed by atoms with Crippen molar-refractivity contribution in [3.63, 3.8) is 0 Å². The number of likely N-dealkylation sites (tertiary alicyclic amines) is 1. The molecule has 0 spiro atoms. The highest BCUT2D eigenvalue weighted by Gasteiger charge is 2.31. The van der Waals surface area contributed by atoms with E-state index in [1.165, 1.54) is 5.56 Å². The fraction of sp³-hybridized carbons (Fsp3) is 0.235. The van der Waals surface area contributed by atoms with Gasteiger partial charge in [-0.1, -0.05) is 47.5 Å². The molecule has 2 aromatic carbocycles. The zero-order valence-electron chi connectivity index (χ0n) is 11.4. The third-order valence-corrected chi connectivity index (χ3v) is 4.35. The summed E-state index contributed by atoms with van der Waals surface area (Å²) in [4.78, 5) is 14.1. The number of rotatable bonds is 3. The highest BCUT2D eigenvalue weighted by Crippen LogP contribution is 2.28. The van der Waals surface area contributed by atoms with Crippen LogP contribution in [0.15, 0.2) is 48.5 Å². The summed E-state index contributed by atoms with van der Waals surface area (Å²) < 4.78 is 0. The topological polar surface area (TPSA) is 20.3 Å². The third-order valence-electron chi connectivity index (χ3n) is 3.84. The fourth-order valence-electron chi connectivity index (χ4n) is 2.52. The van der Waals surface area contributed by atoms with E-state index < -0.39 is 0 Å². The molecule has 0 aromatic heterocycles. The lowest BCUT2D eigenvalue weighted by molar-refractivity contribution is -0.134. The Balaban J connectivity index is 1.54. The Labute approximate surface area is 134 Å². The quantitative estimate of drug-likeness (QED) is 0.831. The van der Waals surface area contributed by atoms with Gasteiger partial charge in [0.25, 0.3) is 0 Å². The van der Waals surface area contributed by atoms with Crippen molar-refractivity contribution in [2.75, 3.05) is 13.1 Å². The van der Waals surface area contributed by atoms with Crippen LogP contribution in [-0.4, -0.2) is 23.9 Å². The molecule has 0 atom stereocenters. The zero-order chi connectivity index (χ0) is 14.8. The van der Waals surface area contributed by atoms with Crippen molar-refractivity contribution in [2.45, 2.75) is 12.3 Å². The Morgan fingerprint density at radius 3 is 2.05 bits per heavy atom. The molecule has 1 amide bonds. The van der Waals surface area contributed by atoms with Crippen molar-refractivity contribution in [3.8, 4) is 0 Å². The van der Waals surface area contributed by atoms with Crippen LogP contribution in [0, 0.1) is 0 Å². The zero-order valence-corrected chi connectivity index (χ0v) is 12.9. The van der Waals surface area contributed by atoms with Crippen LogP contribution in [0.5, 0.6) is 0 Å². The summed E-state index contributed by atoms with van der Waals surface area (Å²) in [5.41, 5.74) is 2.24. The standard InChI is InChI=1S/C17H15Cl2NO/c18-15-5-1-12(2-6-15)9-17(21)20-10-14(11-20)13-3-7-16(19)8-4-13/h1-8,14H,9-11H2. The monoisotopic (exact) mass is 319 g/mol. The lowest BCUT2D eigenvalue weighted by Gasteiger charge is -2.39. The van der Waals surface area contributed by atoms with E-state index in [0.29, 0.717) is 17.4 Å². The number of carbonyl (C=O) groups excluding carboxylic acids is 1. The van der Waals surface area contributed by atoms with Gasteiger partial charge in [-0.2, -0.15) is 0 Å². The van der Waals surface area contributed by atoms with Gasteiger partial charge in [-0.3, -0.25) is 4.79 Å². The second-order valence-corrected chi connectivity index (χ2v) is 6.22. The maximum absolute atomic E-state index is 12.2. The average Bonchev–Trinajstić information content (AvgIpc) is 2.42. The molecule has 2 nitrogen and oxygen atoms in total. The number of halogens is 2. The second kappa shape index (κ2) is 6.08. The summed E-state index contributed by atoms with van der Waals surface area (Å²) in [5.74, 6) is 0.596. The van der Waals surface area contributed by atoms with Crippen molar-refractivity contribution in [1.29, 1.82) is 0 Å².